The molecule has 11 heteroatoms. The van der Waals surface area contributed by atoms with Gasteiger partial charge in [-0.05, 0) is 54.8 Å². The Morgan fingerprint density at radius 1 is 0.925 bits per heavy atom. The summed E-state index contributed by atoms with van der Waals surface area (Å²) in [4.78, 5) is 39.3. The number of para-hydroxylation sites is 1. The molecule has 0 aromatic heterocycles. The fourth-order valence-corrected chi connectivity index (χ4v) is 5.57. The number of benzene rings is 3. The third-order valence-electron chi connectivity index (χ3n) is 7.43. The van der Waals surface area contributed by atoms with E-state index in [0.29, 0.717) is 65.5 Å². The SMILES string of the molecule is CC(=O)N1CCC(C(=O)Nc2ccc3c(c2)NC(=O)c2ccc(-c4ccccc4N(C)S(C)(=O)=O)cc2N3)CC1. The number of nitrogens with one attached hydrogen (secondary N) is 3. The number of piperidine rings is 1. The van der Waals surface area contributed by atoms with E-state index in [1.807, 2.05) is 18.2 Å². The maximum Gasteiger partial charge on any atom is 0.257 e. The highest BCUT2D eigenvalue weighted by atomic mass is 32.2. The highest BCUT2D eigenvalue weighted by molar-refractivity contribution is 7.92. The molecule has 0 saturated carbocycles. The summed E-state index contributed by atoms with van der Waals surface area (Å²) < 4.78 is 25.7. The molecule has 1 saturated heterocycles. The van der Waals surface area contributed by atoms with Crippen LogP contribution in [0.25, 0.3) is 11.1 Å². The lowest BCUT2D eigenvalue weighted by atomic mass is 9.96. The third kappa shape index (κ3) is 5.50. The molecule has 10 nitrogen and oxygen atoms in total. The molecule has 0 unspecified atom stereocenters. The zero-order chi connectivity index (χ0) is 28.6. The van der Waals surface area contributed by atoms with E-state index >= 15 is 0 Å². The third-order valence-corrected chi connectivity index (χ3v) is 8.62. The van der Waals surface area contributed by atoms with Crippen LogP contribution in [0.15, 0.2) is 60.7 Å². The van der Waals surface area contributed by atoms with Crippen molar-refractivity contribution in [2.24, 2.45) is 5.92 Å². The maximum atomic E-state index is 13.1. The molecule has 40 heavy (non-hydrogen) atoms. The van der Waals surface area contributed by atoms with Gasteiger partial charge in [0.1, 0.15) is 0 Å². The largest absolute Gasteiger partial charge is 0.353 e. The number of carbonyl (C=O) groups is 3. The number of likely N-dealkylation sites (tertiary alicyclic amines) is 1. The van der Waals surface area contributed by atoms with Gasteiger partial charge in [-0.25, -0.2) is 8.42 Å². The number of amides is 3. The number of sulfonamides is 1. The molecule has 3 aromatic carbocycles. The number of carbonyl (C=O) groups excluding carboxylic acids is 3. The first-order valence-electron chi connectivity index (χ1n) is 13.0. The van der Waals surface area contributed by atoms with Gasteiger partial charge in [-0.3, -0.25) is 18.7 Å². The van der Waals surface area contributed by atoms with Gasteiger partial charge in [0.15, 0.2) is 0 Å². The predicted octanol–water partition coefficient (Wildman–Crippen LogP) is 4.26. The van der Waals surface area contributed by atoms with Crippen LogP contribution in [0, 0.1) is 5.92 Å². The molecule has 0 atom stereocenters. The average molecular weight is 562 g/mol. The van der Waals surface area contributed by atoms with Crippen LogP contribution in [-0.2, 0) is 19.6 Å². The topological polar surface area (TPSA) is 128 Å². The molecule has 0 aliphatic carbocycles. The van der Waals surface area contributed by atoms with Gasteiger partial charge in [0.25, 0.3) is 5.91 Å². The predicted molar refractivity (Wildman–Crippen MR) is 156 cm³/mol. The van der Waals surface area contributed by atoms with Crippen LogP contribution in [0.5, 0.6) is 0 Å². The minimum absolute atomic E-state index is 0.0198. The summed E-state index contributed by atoms with van der Waals surface area (Å²) in [5, 5.41) is 9.18. The molecule has 2 aliphatic heterocycles. The molecular formula is C29H31N5O5S. The van der Waals surface area contributed by atoms with Crippen LogP contribution in [0.3, 0.4) is 0 Å². The number of anilines is 5. The van der Waals surface area contributed by atoms with Crippen LogP contribution in [0.1, 0.15) is 30.1 Å². The van der Waals surface area contributed by atoms with Gasteiger partial charge < -0.3 is 20.9 Å². The van der Waals surface area contributed by atoms with Crippen LogP contribution in [0.2, 0.25) is 0 Å². The highest BCUT2D eigenvalue weighted by Gasteiger charge is 2.27. The molecular weight excluding hydrogens is 530 g/mol. The first-order chi connectivity index (χ1) is 19.0. The van der Waals surface area contributed by atoms with Crippen LogP contribution >= 0.6 is 0 Å². The van der Waals surface area contributed by atoms with Gasteiger partial charge >= 0.3 is 0 Å². The summed E-state index contributed by atoms with van der Waals surface area (Å²) >= 11 is 0. The first kappa shape index (κ1) is 27.2. The molecule has 1 fully saturated rings. The number of fused-ring (bicyclic) bond motifs is 2. The molecule has 0 bridgehead atoms. The second kappa shape index (κ2) is 10.6. The van der Waals surface area contributed by atoms with Crippen molar-refractivity contribution in [3.63, 3.8) is 0 Å². The van der Waals surface area contributed by atoms with Crippen molar-refractivity contribution in [3.8, 4) is 11.1 Å². The van der Waals surface area contributed by atoms with Crippen molar-refractivity contribution in [3.05, 3.63) is 66.2 Å². The summed E-state index contributed by atoms with van der Waals surface area (Å²) in [6.45, 7) is 2.66. The Morgan fingerprint density at radius 2 is 1.65 bits per heavy atom. The Labute approximate surface area is 233 Å². The van der Waals surface area contributed by atoms with Crippen LogP contribution in [0.4, 0.5) is 28.4 Å². The Morgan fingerprint density at radius 3 is 2.35 bits per heavy atom. The normalized spacial score (nSPS) is 15.2. The van der Waals surface area contributed by atoms with E-state index in [9.17, 15) is 22.8 Å². The van der Waals surface area contributed by atoms with E-state index in [1.54, 1.807) is 47.4 Å². The fraction of sp³-hybridized carbons (Fsp3) is 0.276. The summed E-state index contributed by atoms with van der Waals surface area (Å²) in [6.07, 6.45) is 2.36. The molecule has 2 heterocycles. The van der Waals surface area contributed by atoms with Crippen molar-refractivity contribution in [1.82, 2.24) is 4.90 Å². The van der Waals surface area contributed by atoms with E-state index in [1.165, 1.54) is 18.3 Å². The van der Waals surface area contributed by atoms with E-state index in [-0.39, 0.29) is 23.6 Å². The lowest BCUT2D eigenvalue weighted by Gasteiger charge is -2.30. The van der Waals surface area contributed by atoms with E-state index in [2.05, 4.69) is 16.0 Å². The minimum atomic E-state index is -3.48. The minimum Gasteiger partial charge on any atom is -0.353 e. The zero-order valence-electron chi connectivity index (χ0n) is 22.5. The molecule has 5 rings (SSSR count). The summed E-state index contributed by atoms with van der Waals surface area (Å²) in [5.41, 5.74) is 4.70. The quantitative estimate of drug-likeness (QED) is 0.427. The van der Waals surface area contributed by atoms with Crippen LogP contribution < -0.4 is 20.3 Å². The van der Waals surface area contributed by atoms with Crippen molar-refractivity contribution < 1.29 is 22.8 Å². The van der Waals surface area contributed by atoms with Crippen LogP contribution in [-0.4, -0.2) is 57.4 Å². The smallest absolute Gasteiger partial charge is 0.257 e. The standard InChI is InChI=1S/C29H31N5O5S/c1-18(35)34-14-12-19(13-15-34)28(36)30-21-9-11-24-26(17-21)32-29(37)23-10-8-20(16-25(23)31-24)22-6-4-5-7-27(22)33(2)40(3,38)39/h4-11,16-17,19,31H,12-15H2,1-3H3,(H,30,36)(H,32,37). The van der Waals surface area contributed by atoms with Crippen molar-refractivity contribution in [1.29, 1.82) is 0 Å². The van der Waals surface area contributed by atoms with Crippen molar-refractivity contribution >= 4 is 56.2 Å². The average Bonchev–Trinajstić information content (AvgIpc) is 3.07. The van der Waals surface area contributed by atoms with E-state index < -0.39 is 10.0 Å². The Balaban J connectivity index is 1.38. The van der Waals surface area contributed by atoms with Crippen molar-refractivity contribution in [2.45, 2.75) is 19.8 Å². The summed E-state index contributed by atoms with van der Waals surface area (Å²) in [5.74, 6) is -0.586. The lowest BCUT2D eigenvalue weighted by molar-refractivity contribution is -0.132. The van der Waals surface area contributed by atoms with E-state index in [0.717, 1.165) is 11.8 Å². The fourth-order valence-electron chi connectivity index (χ4n) is 5.05. The Kier molecular flexibility index (Phi) is 7.24. The second-order valence-electron chi connectivity index (χ2n) is 10.1. The van der Waals surface area contributed by atoms with E-state index in [4.69, 9.17) is 0 Å². The Hall–Kier alpha value is -4.38. The molecule has 2 aliphatic rings. The summed E-state index contributed by atoms with van der Waals surface area (Å²) in [6, 6.07) is 17.8. The maximum absolute atomic E-state index is 13.1. The Bertz CT molecular complexity index is 1610. The monoisotopic (exact) mass is 561 g/mol. The van der Waals surface area contributed by atoms with Gasteiger partial charge in [-0.2, -0.15) is 0 Å². The summed E-state index contributed by atoms with van der Waals surface area (Å²) in [7, 11) is -1.97. The number of hydrogen-bond donors (Lipinski definition) is 3. The second-order valence-corrected chi connectivity index (χ2v) is 12.1. The lowest BCUT2D eigenvalue weighted by Crippen LogP contribution is -2.40. The first-order valence-corrected chi connectivity index (χ1v) is 14.8. The number of nitrogens with zero attached hydrogens (tertiary/aromatic N) is 2. The molecule has 3 amide bonds. The van der Waals surface area contributed by atoms with Gasteiger partial charge in [0, 0.05) is 44.2 Å². The van der Waals surface area contributed by atoms with Crippen molar-refractivity contribution in [2.75, 3.05) is 46.6 Å². The molecule has 3 aromatic rings. The van der Waals surface area contributed by atoms with Gasteiger partial charge in [-0.15, -0.1) is 0 Å². The van der Waals surface area contributed by atoms with Gasteiger partial charge in [0.2, 0.25) is 21.8 Å². The van der Waals surface area contributed by atoms with Gasteiger partial charge in [-0.1, -0.05) is 24.3 Å². The highest BCUT2D eigenvalue weighted by Crippen LogP contribution is 2.38. The molecule has 3 N–H and O–H groups in total. The van der Waals surface area contributed by atoms with Gasteiger partial charge in [0.05, 0.1) is 34.6 Å². The zero-order valence-corrected chi connectivity index (χ0v) is 23.3. The molecule has 0 spiro atoms. The molecule has 0 radical (unpaired) electrons. The number of hydrogen-bond acceptors (Lipinski definition) is 6. The molecule has 208 valence electrons. The number of rotatable bonds is 5.